The van der Waals surface area contributed by atoms with E-state index in [1.165, 1.54) is 16.7 Å². The quantitative estimate of drug-likeness (QED) is 0.882. The Kier molecular flexibility index (Phi) is 5.02. The van der Waals surface area contributed by atoms with Gasteiger partial charge in [-0.3, -0.25) is 4.79 Å². The molecule has 0 aliphatic heterocycles. The molecule has 3 rings (SSSR count). The van der Waals surface area contributed by atoms with Crippen LogP contribution in [0.25, 0.3) is 0 Å². The maximum Gasteiger partial charge on any atom is 0.252 e. The molecule has 0 saturated heterocycles. The third-order valence-corrected chi connectivity index (χ3v) is 6.98. The fourth-order valence-electron chi connectivity index (χ4n) is 3.23. The highest BCUT2D eigenvalue weighted by atomic mass is 32.2. The molecule has 4 nitrogen and oxygen atoms in total. The van der Waals surface area contributed by atoms with Crippen molar-refractivity contribution in [2.75, 3.05) is 6.26 Å². The van der Waals surface area contributed by atoms with Gasteiger partial charge in [0, 0.05) is 16.5 Å². The van der Waals surface area contributed by atoms with Gasteiger partial charge in [0.25, 0.3) is 5.91 Å². The Morgan fingerprint density at radius 2 is 1.96 bits per heavy atom. The number of fused-ring (bicyclic) bond motifs is 1. The van der Waals surface area contributed by atoms with Crippen LogP contribution in [0.3, 0.4) is 0 Å². The van der Waals surface area contributed by atoms with Crippen LogP contribution in [0, 0.1) is 5.92 Å². The van der Waals surface area contributed by atoms with Crippen LogP contribution in [0.2, 0.25) is 0 Å². The second-order valence-electron chi connectivity index (χ2n) is 6.94. The first-order valence-corrected chi connectivity index (χ1v) is 11.2. The maximum absolute atomic E-state index is 12.7. The third-order valence-electron chi connectivity index (χ3n) is 4.80. The zero-order valence-corrected chi connectivity index (χ0v) is 16.3. The lowest BCUT2D eigenvalue weighted by Crippen LogP contribution is -2.27. The van der Waals surface area contributed by atoms with Crippen molar-refractivity contribution < 1.29 is 13.2 Å². The second kappa shape index (κ2) is 6.92. The van der Waals surface area contributed by atoms with Crippen LogP contribution in [0.1, 0.15) is 52.7 Å². The van der Waals surface area contributed by atoms with Crippen LogP contribution in [0.4, 0.5) is 0 Å². The van der Waals surface area contributed by atoms with Gasteiger partial charge in [-0.25, -0.2) is 8.42 Å². The number of nitrogens with one attached hydrogen (secondary N) is 1. The van der Waals surface area contributed by atoms with E-state index in [0.29, 0.717) is 5.92 Å². The molecule has 2 atom stereocenters. The van der Waals surface area contributed by atoms with E-state index in [9.17, 15) is 13.2 Å². The van der Waals surface area contributed by atoms with Gasteiger partial charge < -0.3 is 5.32 Å². The molecule has 1 aromatic heterocycles. The molecule has 0 saturated carbocycles. The van der Waals surface area contributed by atoms with Gasteiger partial charge in [-0.1, -0.05) is 19.1 Å². The van der Waals surface area contributed by atoms with E-state index < -0.39 is 9.84 Å². The van der Waals surface area contributed by atoms with Gasteiger partial charge in [-0.2, -0.15) is 0 Å². The number of hydrogen-bond donors (Lipinski definition) is 1. The lowest BCUT2D eigenvalue weighted by Gasteiger charge is -2.20. The van der Waals surface area contributed by atoms with Gasteiger partial charge >= 0.3 is 0 Å². The van der Waals surface area contributed by atoms with Gasteiger partial charge in [-0.05, 0) is 55.4 Å². The molecule has 1 heterocycles. The molecule has 2 unspecified atom stereocenters. The van der Waals surface area contributed by atoms with E-state index >= 15 is 0 Å². The van der Waals surface area contributed by atoms with Crippen LogP contribution in [0.5, 0.6) is 0 Å². The molecule has 0 spiro atoms. The van der Waals surface area contributed by atoms with Gasteiger partial charge in [0.2, 0.25) is 0 Å². The van der Waals surface area contributed by atoms with Gasteiger partial charge in [0.05, 0.1) is 16.5 Å². The molecule has 1 amide bonds. The zero-order valence-electron chi connectivity index (χ0n) is 14.7. The molecule has 1 N–H and O–H groups in total. The van der Waals surface area contributed by atoms with Crippen LogP contribution < -0.4 is 5.32 Å². The van der Waals surface area contributed by atoms with Crippen molar-refractivity contribution in [3.05, 3.63) is 51.2 Å². The normalized spacial score (nSPS) is 18.4. The average Bonchev–Trinajstić information content (AvgIpc) is 2.97. The molecule has 1 aromatic carbocycles. The highest BCUT2D eigenvalue weighted by molar-refractivity contribution is 7.90. The van der Waals surface area contributed by atoms with E-state index in [1.807, 2.05) is 12.3 Å². The fraction of sp³-hybridized carbons (Fsp3) is 0.421. The molecule has 1 aliphatic carbocycles. The molecule has 0 fully saturated rings. The molecule has 2 aromatic rings. The standard InChI is InChI=1S/C19H23NO3S2/c1-12-4-9-16-17(11-24-18(16)10-12)19(21)20-13(2)14-5-7-15(8-6-14)25(3,22)23/h5-8,11-13H,4,9-10H2,1-3H3,(H,20,21). The maximum atomic E-state index is 12.7. The summed E-state index contributed by atoms with van der Waals surface area (Å²) in [6.07, 6.45) is 4.36. The van der Waals surface area contributed by atoms with Crippen molar-refractivity contribution in [1.82, 2.24) is 5.32 Å². The van der Waals surface area contributed by atoms with E-state index in [4.69, 9.17) is 0 Å². The molecule has 1 aliphatic rings. The van der Waals surface area contributed by atoms with Gasteiger partial charge in [0.1, 0.15) is 0 Å². The number of thiophene rings is 1. The van der Waals surface area contributed by atoms with E-state index in [2.05, 4.69) is 12.2 Å². The van der Waals surface area contributed by atoms with Crippen LogP contribution >= 0.6 is 11.3 Å². The Bertz CT molecular complexity index is 882. The van der Waals surface area contributed by atoms with Gasteiger partial charge in [-0.15, -0.1) is 11.3 Å². The predicted molar refractivity (Wildman–Crippen MR) is 101 cm³/mol. The number of carbonyl (C=O) groups excluding carboxylic acids is 1. The molecule has 134 valence electrons. The van der Waals surface area contributed by atoms with E-state index in [-0.39, 0.29) is 16.8 Å². The van der Waals surface area contributed by atoms with Crippen LogP contribution in [-0.2, 0) is 22.7 Å². The summed E-state index contributed by atoms with van der Waals surface area (Å²) in [6.45, 7) is 4.17. The minimum Gasteiger partial charge on any atom is -0.345 e. The molecule has 25 heavy (non-hydrogen) atoms. The fourth-order valence-corrected chi connectivity index (χ4v) is 5.10. The van der Waals surface area contributed by atoms with E-state index in [1.54, 1.807) is 35.6 Å². The summed E-state index contributed by atoms with van der Waals surface area (Å²) in [6, 6.07) is 6.50. The van der Waals surface area contributed by atoms with Crippen LogP contribution in [-0.4, -0.2) is 20.6 Å². The molecular formula is C19H23NO3S2. The first kappa shape index (κ1) is 18.1. The molecule has 0 radical (unpaired) electrons. The summed E-state index contributed by atoms with van der Waals surface area (Å²) in [7, 11) is -3.20. The second-order valence-corrected chi connectivity index (χ2v) is 9.92. The first-order valence-electron chi connectivity index (χ1n) is 8.46. The number of sulfone groups is 1. The molecule has 0 bridgehead atoms. The average molecular weight is 378 g/mol. The summed E-state index contributed by atoms with van der Waals surface area (Å²) in [5, 5.41) is 5.01. The number of rotatable bonds is 4. The third kappa shape index (κ3) is 3.96. The number of carbonyl (C=O) groups is 1. The topological polar surface area (TPSA) is 63.2 Å². The smallest absolute Gasteiger partial charge is 0.252 e. The monoisotopic (exact) mass is 377 g/mol. The van der Waals surface area contributed by atoms with E-state index in [0.717, 1.165) is 30.4 Å². The van der Waals surface area contributed by atoms with Crippen molar-refractivity contribution in [2.24, 2.45) is 5.92 Å². The van der Waals surface area contributed by atoms with Crippen molar-refractivity contribution in [3.63, 3.8) is 0 Å². The highest BCUT2D eigenvalue weighted by Crippen LogP contribution is 2.33. The molecular weight excluding hydrogens is 354 g/mol. The summed E-state index contributed by atoms with van der Waals surface area (Å²) in [5.41, 5.74) is 2.89. The van der Waals surface area contributed by atoms with Crippen molar-refractivity contribution in [3.8, 4) is 0 Å². The summed E-state index contributed by atoms with van der Waals surface area (Å²) < 4.78 is 23.1. The minimum absolute atomic E-state index is 0.0493. The van der Waals surface area contributed by atoms with Crippen molar-refractivity contribution in [2.45, 2.75) is 44.0 Å². The van der Waals surface area contributed by atoms with Gasteiger partial charge in [0.15, 0.2) is 9.84 Å². The lowest BCUT2D eigenvalue weighted by molar-refractivity contribution is 0.0939. The SMILES string of the molecule is CC1CCc2c(C(=O)NC(C)c3ccc(S(C)(=O)=O)cc3)csc2C1. The van der Waals surface area contributed by atoms with Crippen LogP contribution in [0.15, 0.2) is 34.5 Å². The Hall–Kier alpha value is -1.66. The summed E-state index contributed by atoms with van der Waals surface area (Å²) >= 11 is 1.68. The van der Waals surface area contributed by atoms with Crippen molar-refractivity contribution >= 4 is 27.1 Å². The Morgan fingerprint density at radius 3 is 2.60 bits per heavy atom. The Balaban J connectivity index is 1.73. The zero-order chi connectivity index (χ0) is 18.2. The number of amides is 1. The molecule has 6 heteroatoms. The number of hydrogen-bond acceptors (Lipinski definition) is 4. The summed E-state index contributed by atoms with van der Waals surface area (Å²) in [4.78, 5) is 14.3. The van der Waals surface area contributed by atoms with Crippen molar-refractivity contribution in [1.29, 1.82) is 0 Å². The largest absolute Gasteiger partial charge is 0.345 e. The number of benzene rings is 1. The Morgan fingerprint density at radius 1 is 1.28 bits per heavy atom. The summed E-state index contributed by atoms with van der Waals surface area (Å²) in [5.74, 6) is 0.640. The Labute approximate surface area is 153 Å². The first-order chi connectivity index (χ1) is 11.8. The predicted octanol–water partition coefficient (Wildman–Crippen LogP) is 3.77. The lowest BCUT2D eigenvalue weighted by atomic mass is 9.88. The minimum atomic E-state index is -3.20. The highest BCUT2D eigenvalue weighted by Gasteiger charge is 2.24.